The van der Waals surface area contributed by atoms with E-state index in [2.05, 4.69) is 30.6 Å². The Morgan fingerprint density at radius 2 is 2.15 bits per heavy atom. The van der Waals surface area contributed by atoms with Crippen LogP contribution in [0.1, 0.15) is 31.6 Å². The fourth-order valence-electron chi connectivity index (χ4n) is 2.19. The zero-order valence-corrected chi connectivity index (χ0v) is 13.6. The number of nitrogens with one attached hydrogen (secondary N) is 1. The highest BCUT2D eigenvalue weighted by Crippen LogP contribution is 2.27. The van der Waals surface area contributed by atoms with Gasteiger partial charge in [0, 0.05) is 30.1 Å². The van der Waals surface area contributed by atoms with Crippen LogP contribution in [0.25, 0.3) is 0 Å². The van der Waals surface area contributed by atoms with Crippen LogP contribution in [0.5, 0.6) is 0 Å². The molecule has 0 spiro atoms. The molecule has 1 fully saturated rings. The molecule has 0 aliphatic carbocycles. The van der Waals surface area contributed by atoms with Gasteiger partial charge >= 0.3 is 0 Å². The summed E-state index contributed by atoms with van der Waals surface area (Å²) in [4.78, 5) is 13.5. The molecule has 114 valence electrons. The Labute approximate surface area is 130 Å². The molecule has 1 aromatic heterocycles. The van der Waals surface area contributed by atoms with Crippen molar-refractivity contribution in [2.24, 2.45) is 5.73 Å². The first-order chi connectivity index (χ1) is 8.94. The van der Waals surface area contributed by atoms with Gasteiger partial charge in [-0.2, -0.15) is 0 Å². The Balaban J connectivity index is 0.00000200. The van der Waals surface area contributed by atoms with E-state index in [-0.39, 0.29) is 23.7 Å². The van der Waals surface area contributed by atoms with Crippen molar-refractivity contribution >= 4 is 29.7 Å². The standard InChI is InChI=1S/C14H22N2O2S.ClH/c1-13(2,11-4-3-9-19-11)10-16-12(17)14(15)5-7-18-8-6-14;/h3-4,9H,5-8,10,15H2,1-2H3,(H,16,17);1H. The smallest absolute Gasteiger partial charge is 0.240 e. The van der Waals surface area contributed by atoms with Crippen LogP contribution >= 0.6 is 23.7 Å². The van der Waals surface area contributed by atoms with Crippen molar-refractivity contribution < 1.29 is 9.53 Å². The first-order valence-electron chi connectivity index (χ1n) is 6.63. The zero-order valence-electron chi connectivity index (χ0n) is 12.0. The number of hydrogen-bond donors (Lipinski definition) is 2. The average molecular weight is 319 g/mol. The molecule has 0 bridgehead atoms. The largest absolute Gasteiger partial charge is 0.381 e. The number of carbonyl (C=O) groups is 1. The Kier molecular flexibility index (Phi) is 6.01. The molecule has 0 saturated carbocycles. The van der Waals surface area contributed by atoms with Gasteiger partial charge in [0.05, 0.1) is 5.54 Å². The van der Waals surface area contributed by atoms with Crippen molar-refractivity contribution in [2.45, 2.75) is 37.6 Å². The number of amides is 1. The second-order valence-corrected chi connectivity index (χ2v) is 6.76. The maximum absolute atomic E-state index is 12.2. The minimum absolute atomic E-state index is 0. The Bertz CT molecular complexity index is 428. The van der Waals surface area contributed by atoms with Crippen molar-refractivity contribution in [3.05, 3.63) is 22.4 Å². The van der Waals surface area contributed by atoms with Crippen LogP contribution in [0.4, 0.5) is 0 Å². The molecule has 2 heterocycles. The topological polar surface area (TPSA) is 64.4 Å². The molecule has 1 amide bonds. The fourth-order valence-corrected chi connectivity index (χ4v) is 3.04. The van der Waals surface area contributed by atoms with Crippen LogP contribution in [0, 0.1) is 0 Å². The molecule has 1 aliphatic rings. The third-order valence-electron chi connectivity index (χ3n) is 3.72. The summed E-state index contributed by atoms with van der Waals surface area (Å²) in [5, 5.41) is 5.07. The van der Waals surface area contributed by atoms with E-state index in [1.807, 2.05) is 6.07 Å². The van der Waals surface area contributed by atoms with Gasteiger partial charge in [-0.3, -0.25) is 4.79 Å². The van der Waals surface area contributed by atoms with Crippen LogP contribution in [0.2, 0.25) is 0 Å². The molecular weight excluding hydrogens is 296 g/mol. The van der Waals surface area contributed by atoms with Gasteiger partial charge in [-0.25, -0.2) is 0 Å². The van der Waals surface area contributed by atoms with Gasteiger partial charge < -0.3 is 15.8 Å². The summed E-state index contributed by atoms with van der Waals surface area (Å²) in [6.07, 6.45) is 1.19. The minimum Gasteiger partial charge on any atom is -0.381 e. The number of rotatable bonds is 4. The maximum Gasteiger partial charge on any atom is 0.240 e. The van der Waals surface area contributed by atoms with Crippen LogP contribution in [-0.2, 0) is 14.9 Å². The predicted molar refractivity (Wildman–Crippen MR) is 84.6 cm³/mol. The Morgan fingerprint density at radius 1 is 1.50 bits per heavy atom. The molecule has 1 saturated heterocycles. The van der Waals surface area contributed by atoms with Gasteiger partial charge in [0.1, 0.15) is 0 Å². The first kappa shape index (κ1) is 17.4. The lowest BCUT2D eigenvalue weighted by Gasteiger charge is -2.33. The number of thiophene rings is 1. The third kappa shape index (κ3) is 3.95. The van der Waals surface area contributed by atoms with Crippen LogP contribution in [0.3, 0.4) is 0 Å². The number of hydrogen-bond acceptors (Lipinski definition) is 4. The van der Waals surface area contributed by atoms with E-state index in [1.165, 1.54) is 4.88 Å². The number of ether oxygens (including phenoxy) is 1. The summed E-state index contributed by atoms with van der Waals surface area (Å²) >= 11 is 1.71. The van der Waals surface area contributed by atoms with Crippen molar-refractivity contribution in [1.29, 1.82) is 0 Å². The first-order valence-corrected chi connectivity index (χ1v) is 7.51. The van der Waals surface area contributed by atoms with E-state index in [1.54, 1.807) is 11.3 Å². The van der Waals surface area contributed by atoms with E-state index < -0.39 is 5.54 Å². The molecule has 0 aromatic carbocycles. The lowest BCUT2D eigenvalue weighted by molar-refractivity contribution is -0.130. The van der Waals surface area contributed by atoms with Gasteiger partial charge in [-0.15, -0.1) is 23.7 Å². The van der Waals surface area contributed by atoms with Crippen LogP contribution in [-0.4, -0.2) is 31.2 Å². The third-order valence-corrected chi connectivity index (χ3v) is 4.95. The normalized spacial score (nSPS) is 18.1. The molecule has 0 atom stereocenters. The van der Waals surface area contributed by atoms with Gasteiger partial charge in [-0.1, -0.05) is 19.9 Å². The van der Waals surface area contributed by atoms with Crippen molar-refractivity contribution in [3.63, 3.8) is 0 Å². The summed E-state index contributed by atoms with van der Waals surface area (Å²) in [6.45, 7) is 6.00. The van der Waals surface area contributed by atoms with Crippen LogP contribution < -0.4 is 11.1 Å². The summed E-state index contributed by atoms with van der Waals surface area (Å²) in [7, 11) is 0. The van der Waals surface area contributed by atoms with E-state index in [0.717, 1.165) is 0 Å². The molecule has 2 rings (SSSR count). The summed E-state index contributed by atoms with van der Waals surface area (Å²) < 4.78 is 5.26. The Morgan fingerprint density at radius 3 is 2.70 bits per heavy atom. The maximum atomic E-state index is 12.2. The molecule has 1 aliphatic heterocycles. The average Bonchev–Trinajstić information content (AvgIpc) is 2.91. The molecule has 3 N–H and O–H groups in total. The van der Waals surface area contributed by atoms with Gasteiger partial charge in [0.2, 0.25) is 5.91 Å². The molecule has 6 heteroatoms. The molecule has 4 nitrogen and oxygen atoms in total. The molecule has 20 heavy (non-hydrogen) atoms. The lowest BCUT2D eigenvalue weighted by Crippen LogP contribution is -2.58. The fraction of sp³-hybridized carbons (Fsp3) is 0.643. The van der Waals surface area contributed by atoms with Gasteiger partial charge in [0.15, 0.2) is 0 Å². The summed E-state index contributed by atoms with van der Waals surface area (Å²) in [5.74, 6) is -0.0552. The molecular formula is C14H23ClN2O2S. The number of nitrogens with two attached hydrogens (primary N) is 1. The number of carbonyl (C=O) groups excluding carboxylic acids is 1. The van der Waals surface area contributed by atoms with Gasteiger partial charge in [0.25, 0.3) is 0 Å². The van der Waals surface area contributed by atoms with Crippen molar-refractivity contribution in [2.75, 3.05) is 19.8 Å². The van der Waals surface area contributed by atoms with Crippen molar-refractivity contribution in [3.8, 4) is 0 Å². The minimum atomic E-state index is -0.760. The van der Waals surface area contributed by atoms with E-state index in [4.69, 9.17) is 10.5 Å². The quantitative estimate of drug-likeness (QED) is 0.893. The van der Waals surface area contributed by atoms with E-state index >= 15 is 0 Å². The Hall–Kier alpha value is -0.620. The van der Waals surface area contributed by atoms with Crippen LogP contribution in [0.15, 0.2) is 17.5 Å². The highest BCUT2D eigenvalue weighted by Gasteiger charge is 2.36. The van der Waals surface area contributed by atoms with Crippen molar-refractivity contribution in [1.82, 2.24) is 5.32 Å². The predicted octanol–water partition coefficient (Wildman–Crippen LogP) is 2.07. The lowest BCUT2D eigenvalue weighted by atomic mass is 9.88. The molecule has 1 aromatic rings. The number of halogens is 1. The van der Waals surface area contributed by atoms with E-state index in [9.17, 15) is 4.79 Å². The summed E-state index contributed by atoms with van der Waals surface area (Å²) in [6, 6.07) is 4.13. The van der Waals surface area contributed by atoms with E-state index in [0.29, 0.717) is 32.6 Å². The monoisotopic (exact) mass is 318 g/mol. The SMILES string of the molecule is CC(C)(CNC(=O)C1(N)CCOCC1)c1cccs1.Cl. The highest BCUT2D eigenvalue weighted by atomic mass is 35.5. The second kappa shape index (κ2) is 6.89. The highest BCUT2D eigenvalue weighted by molar-refractivity contribution is 7.10. The zero-order chi connectivity index (χ0) is 13.9. The van der Waals surface area contributed by atoms with Gasteiger partial charge in [-0.05, 0) is 24.3 Å². The molecule has 0 radical (unpaired) electrons. The summed E-state index contributed by atoms with van der Waals surface area (Å²) in [5.41, 5.74) is 5.34. The molecule has 0 unspecified atom stereocenters. The second-order valence-electron chi connectivity index (χ2n) is 5.81.